The van der Waals surface area contributed by atoms with Gasteiger partial charge < -0.3 is 5.11 Å². The molecule has 0 spiro atoms. The first-order chi connectivity index (χ1) is 12.4. The number of aromatic nitrogens is 4. The van der Waals surface area contributed by atoms with Crippen molar-refractivity contribution >= 4 is 17.0 Å². The quantitative estimate of drug-likeness (QED) is 0.726. The van der Waals surface area contributed by atoms with Crippen molar-refractivity contribution < 1.29 is 9.90 Å². The second-order valence-corrected chi connectivity index (χ2v) is 6.78. The first-order valence-electron chi connectivity index (χ1n) is 8.95. The van der Waals surface area contributed by atoms with Crippen LogP contribution in [0, 0.1) is 6.92 Å². The molecular weight excluding hydrogens is 328 g/mol. The lowest BCUT2D eigenvalue weighted by Gasteiger charge is -2.18. The molecule has 0 radical (unpaired) electrons. The van der Waals surface area contributed by atoms with Crippen LogP contribution in [0.1, 0.15) is 50.1 Å². The number of carboxylic acid groups (broad SMARTS) is 1. The first-order valence-corrected chi connectivity index (χ1v) is 8.95. The molecule has 136 valence electrons. The predicted molar refractivity (Wildman–Crippen MR) is 101 cm³/mol. The topological polar surface area (TPSA) is 80.9 Å². The van der Waals surface area contributed by atoms with E-state index in [0.717, 1.165) is 45.7 Å². The molecule has 3 heterocycles. The molecular formula is C20H24N4O2. The standard InChI is InChI=1S/C20H24N4O2/c1-5-24-20-16(11-22-24)18(14-8-9-21-13(4)10-14)15(6-7-17(25)26)19(23-20)12(2)3/h8-12H,5-7H2,1-4H3,(H,25,26). The fraction of sp³-hybridized carbons (Fsp3) is 0.400. The minimum absolute atomic E-state index is 0.0753. The van der Waals surface area contributed by atoms with Crippen molar-refractivity contribution in [1.82, 2.24) is 19.7 Å². The van der Waals surface area contributed by atoms with E-state index in [1.165, 1.54) is 0 Å². The molecule has 3 rings (SSSR count). The summed E-state index contributed by atoms with van der Waals surface area (Å²) in [5, 5.41) is 14.7. The number of hydrogen-bond donors (Lipinski definition) is 1. The lowest BCUT2D eigenvalue weighted by molar-refractivity contribution is -0.136. The third-order valence-corrected chi connectivity index (χ3v) is 4.54. The van der Waals surface area contributed by atoms with Gasteiger partial charge in [-0.2, -0.15) is 5.10 Å². The van der Waals surface area contributed by atoms with Gasteiger partial charge in [-0.1, -0.05) is 13.8 Å². The number of carboxylic acids is 1. The zero-order valence-corrected chi connectivity index (χ0v) is 15.7. The average molecular weight is 352 g/mol. The molecule has 0 saturated carbocycles. The Balaban J connectivity index is 2.37. The first kappa shape index (κ1) is 18.0. The van der Waals surface area contributed by atoms with Crippen LogP contribution in [0.15, 0.2) is 24.5 Å². The summed E-state index contributed by atoms with van der Waals surface area (Å²) in [5.41, 5.74) is 5.77. The zero-order valence-electron chi connectivity index (χ0n) is 15.7. The molecule has 3 aromatic heterocycles. The molecule has 0 aromatic carbocycles. The molecule has 1 N–H and O–H groups in total. The Morgan fingerprint density at radius 3 is 2.73 bits per heavy atom. The van der Waals surface area contributed by atoms with Gasteiger partial charge in [0.05, 0.1) is 6.20 Å². The fourth-order valence-corrected chi connectivity index (χ4v) is 3.37. The normalized spacial score (nSPS) is 11.4. The molecule has 0 bridgehead atoms. The van der Waals surface area contributed by atoms with E-state index < -0.39 is 5.97 Å². The maximum absolute atomic E-state index is 11.2. The SMILES string of the molecule is CCn1ncc2c(-c3ccnc(C)c3)c(CCC(=O)O)c(C(C)C)nc21. The van der Waals surface area contributed by atoms with Crippen molar-refractivity contribution in [2.24, 2.45) is 0 Å². The lowest BCUT2D eigenvalue weighted by Crippen LogP contribution is -2.08. The van der Waals surface area contributed by atoms with Crippen molar-refractivity contribution in [3.63, 3.8) is 0 Å². The maximum atomic E-state index is 11.2. The molecule has 6 nitrogen and oxygen atoms in total. The Kier molecular flexibility index (Phi) is 5.02. The molecule has 0 atom stereocenters. The van der Waals surface area contributed by atoms with E-state index in [4.69, 9.17) is 4.98 Å². The number of hydrogen-bond acceptors (Lipinski definition) is 4. The molecule has 0 aliphatic heterocycles. The van der Waals surface area contributed by atoms with Gasteiger partial charge in [-0.25, -0.2) is 9.67 Å². The van der Waals surface area contributed by atoms with Gasteiger partial charge in [-0.3, -0.25) is 9.78 Å². The van der Waals surface area contributed by atoms with Crippen LogP contribution in [-0.4, -0.2) is 30.8 Å². The van der Waals surface area contributed by atoms with E-state index in [-0.39, 0.29) is 12.3 Å². The molecule has 0 unspecified atom stereocenters. The van der Waals surface area contributed by atoms with Crippen LogP contribution in [0.3, 0.4) is 0 Å². The van der Waals surface area contributed by atoms with Gasteiger partial charge in [0, 0.05) is 35.9 Å². The van der Waals surface area contributed by atoms with Crippen molar-refractivity contribution in [1.29, 1.82) is 0 Å². The van der Waals surface area contributed by atoms with Crippen LogP contribution >= 0.6 is 0 Å². The fourth-order valence-electron chi connectivity index (χ4n) is 3.37. The van der Waals surface area contributed by atoms with Gasteiger partial charge in [0.25, 0.3) is 0 Å². The van der Waals surface area contributed by atoms with Crippen molar-refractivity contribution in [2.75, 3.05) is 0 Å². The Morgan fingerprint density at radius 1 is 1.35 bits per heavy atom. The minimum Gasteiger partial charge on any atom is -0.481 e. The summed E-state index contributed by atoms with van der Waals surface area (Å²) < 4.78 is 1.89. The number of carbonyl (C=O) groups is 1. The number of nitrogens with zero attached hydrogens (tertiary/aromatic N) is 4. The van der Waals surface area contributed by atoms with Gasteiger partial charge in [0.1, 0.15) is 0 Å². The van der Waals surface area contributed by atoms with Gasteiger partial charge in [-0.05, 0) is 55.0 Å². The van der Waals surface area contributed by atoms with E-state index in [9.17, 15) is 9.90 Å². The second-order valence-electron chi connectivity index (χ2n) is 6.78. The Morgan fingerprint density at radius 2 is 2.12 bits per heavy atom. The monoisotopic (exact) mass is 352 g/mol. The second kappa shape index (κ2) is 7.23. The summed E-state index contributed by atoms with van der Waals surface area (Å²) in [6.07, 6.45) is 4.15. The molecule has 0 fully saturated rings. The number of aryl methyl sites for hydroxylation is 2. The van der Waals surface area contributed by atoms with Crippen LogP contribution in [-0.2, 0) is 17.8 Å². The summed E-state index contributed by atoms with van der Waals surface area (Å²) in [4.78, 5) is 20.4. The van der Waals surface area contributed by atoms with Gasteiger partial charge >= 0.3 is 5.97 Å². The predicted octanol–water partition coefficient (Wildman–Crippen LogP) is 3.96. The number of aliphatic carboxylic acids is 1. The smallest absolute Gasteiger partial charge is 0.303 e. The Hall–Kier alpha value is -2.76. The van der Waals surface area contributed by atoms with E-state index in [0.29, 0.717) is 6.42 Å². The summed E-state index contributed by atoms with van der Waals surface area (Å²) >= 11 is 0. The number of fused-ring (bicyclic) bond motifs is 1. The van der Waals surface area contributed by atoms with E-state index in [1.54, 1.807) is 6.20 Å². The molecule has 6 heteroatoms. The van der Waals surface area contributed by atoms with Crippen LogP contribution < -0.4 is 0 Å². The summed E-state index contributed by atoms with van der Waals surface area (Å²) in [7, 11) is 0. The summed E-state index contributed by atoms with van der Waals surface area (Å²) in [5.74, 6) is -0.619. The highest BCUT2D eigenvalue weighted by atomic mass is 16.4. The van der Waals surface area contributed by atoms with E-state index in [2.05, 4.69) is 23.9 Å². The average Bonchev–Trinajstić information content (AvgIpc) is 3.01. The Labute approximate surface area is 152 Å². The third kappa shape index (κ3) is 3.31. The van der Waals surface area contributed by atoms with Crippen LogP contribution in [0.25, 0.3) is 22.2 Å². The largest absolute Gasteiger partial charge is 0.481 e. The van der Waals surface area contributed by atoms with Gasteiger partial charge in [0.2, 0.25) is 0 Å². The third-order valence-electron chi connectivity index (χ3n) is 4.54. The maximum Gasteiger partial charge on any atom is 0.303 e. The van der Waals surface area contributed by atoms with Crippen LogP contribution in [0.5, 0.6) is 0 Å². The Bertz CT molecular complexity index is 960. The highest BCUT2D eigenvalue weighted by molar-refractivity contribution is 5.95. The molecule has 0 saturated heterocycles. The van der Waals surface area contributed by atoms with Crippen molar-refractivity contribution in [2.45, 2.75) is 53.0 Å². The summed E-state index contributed by atoms with van der Waals surface area (Å²) in [6, 6.07) is 4.01. The van der Waals surface area contributed by atoms with E-state index in [1.807, 2.05) is 36.9 Å². The number of pyridine rings is 2. The van der Waals surface area contributed by atoms with Crippen molar-refractivity contribution in [3.05, 3.63) is 41.5 Å². The van der Waals surface area contributed by atoms with Crippen LogP contribution in [0.4, 0.5) is 0 Å². The van der Waals surface area contributed by atoms with Crippen LogP contribution in [0.2, 0.25) is 0 Å². The molecule has 0 aliphatic carbocycles. The molecule has 26 heavy (non-hydrogen) atoms. The minimum atomic E-state index is -0.805. The summed E-state index contributed by atoms with van der Waals surface area (Å²) in [6.45, 7) is 8.91. The molecule has 0 amide bonds. The highest BCUT2D eigenvalue weighted by Crippen LogP contribution is 2.36. The lowest BCUT2D eigenvalue weighted by atomic mass is 9.90. The zero-order chi connectivity index (χ0) is 18.8. The van der Waals surface area contributed by atoms with Gasteiger partial charge in [0.15, 0.2) is 5.65 Å². The highest BCUT2D eigenvalue weighted by Gasteiger charge is 2.21. The van der Waals surface area contributed by atoms with Crippen molar-refractivity contribution in [3.8, 4) is 11.1 Å². The molecule has 3 aromatic rings. The number of rotatable bonds is 6. The molecule has 0 aliphatic rings. The van der Waals surface area contributed by atoms with E-state index >= 15 is 0 Å². The van der Waals surface area contributed by atoms with Gasteiger partial charge in [-0.15, -0.1) is 0 Å².